The predicted octanol–water partition coefficient (Wildman–Crippen LogP) is 4.10. The van der Waals surface area contributed by atoms with Crippen LogP contribution in [0.5, 0.6) is 0 Å². The van der Waals surface area contributed by atoms with Gasteiger partial charge in [-0.1, -0.05) is 31.4 Å². The fourth-order valence-corrected chi connectivity index (χ4v) is 2.65. The Kier molecular flexibility index (Phi) is 3.53. The molecular weight excluding hydrogens is 215 g/mol. The van der Waals surface area contributed by atoms with Gasteiger partial charge in [-0.15, -0.1) is 0 Å². The maximum Gasteiger partial charge on any atom is 0.127 e. The first-order valence-electron chi connectivity index (χ1n) is 6.51. The first-order chi connectivity index (χ1) is 7.98. The molecule has 0 saturated heterocycles. The van der Waals surface area contributed by atoms with Crippen LogP contribution in [0.25, 0.3) is 0 Å². The minimum Gasteiger partial charge on any atom is -0.386 e. The zero-order valence-electron chi connectivity index (χ0n) is 10.7. The van der Waals surface area contributed by atoms with E-state index >= 15 is 0 Å². The van der Waals surface area contributed by atoms with Crippen LogP contribution in [0, 0.1) is 5.82 Å². The van der Waals surface area contributed by atoms with E-state index in [9.17, 15) is 9.50 Å². The average Bonchev–Trinajstić information content (AvgIpc) is 2.29. The summed E-state index contributed by atoms with van der Waals surface area (Å²) in [4.78, 5) is 0. The van der Waals surface area contributed by atoms with Gasteiger partial charge in [0, 0.05) is 0 Å². The van der Waals surface area contributed by atoms with Crippen molar-refractivity contribution in [3.8, 4) is 0 Å². The van der Waals surface area contributed by atoms with Crippen molar-refractivity contribution in [3.63, 3.8) is 0 Å². The highest BCUT2D eigenvalue weighted by Crippen LogP contribution is 2.35. The second-order valence-corrected chi connectivity index (χ2v) is 5.63. The maximum atomic E-state index is 14.1. The van der Waals surface area contributed by atoms with Crippen LogP contribution in [0.4, 0.5) is 4.39 Å². The molecule has 0 spiro atoms. The maximum absolute atomic E-state index is 14.1. The highest BCUT2D eigenvalue weighted by atomic mass is 19.1. The molecule has 0 unspecified atom stereocenters. The van der Waals surface area contributed by atoms with E-state index in [4.69, 9.17) is 0 Å². The van der Waals surface area contributed by atoms with Crippen molar-refractivity contribution in [3.05, 3.63) is 35.1 Å². The number of rotatable bonds is 2. The van der Waals surface area contributed by atoms with Gasteiger partial charge >= 0.3 is 0 Å². The van der Waals surface area contributed by atoms with Crippen molar-refractivity contribution >= 4 is 0 Å². The normalized spacial score (nSPS) is 18.4. The van der Waals surface area contributed by atoms with E-state index in [1.54, 1.807) is 13.8 Å². The third kappa shape index (κ3) is 2.86. The SMILES string of the molecule is CC(C)(O)c1ccc(C2CCCCC2)c(F)c1. The van der Waals surface area contributed by atoms with E-state index in [-0.39, 0.29) is 5.82 Å². The molecule has 1 nitrogen and oxygen atoms in total. The quantitative estimate of drug-likeness (QED) is 0.819. The summed E-state index contributed by atoms with van der Waals surface area (Å²) in [6.07, 6.45) is 5.88. The Balaban J connectivity index is 2.25. The Hall–Kier alpha value is -0.890. The highest BCUT2D eigenvalue weighted by Gasteiger charge is 2.22. The molecule has 0 heterocycles. The van der Waals surface area contributed by atoms with Crippen molar-refractivity contribution in [2.45, 2.75) is 57.5 Å². The predicted molar refractivity (Wildman–Crippen MR) is 67.5 cm³/mol. The summed E-state index contributed by atoms with van der Waals surface area (Å²) in [5.41, 5.74) is 0.513. The van der Waals surface area contributed by atoms with E-state index in [1.165, 1.54) is 25.3 Å². The number of benzene rings is 1. The van der Waals surface area contributed by atoms with Gasteiger partial charge < -0.3 is 5.11 Å². The van der Waals surface area contributed by atoms with Gasteiger partial charge in [0.2, 0.25) is 0 Å². The molecule has 1 aromatic carbocycles. The molecule has 2 heteroatoms. The molecule has 0 atom stereocenters. The lowest BCUT2D eigenvalue weighted by Crippen LogP contribution is -2.16. The van der Waals surface area contributed by atoms with Crippen molar-refractivity contribution in [2.24, 2.45) is 0 Å². The van der Waals surface area contributed by atoms with E-state index < -0.39 is 5.60 Å². The first-order valence-corrected chi connectivity index (χ1v) is 6.51. The Bertz CT molecular complexity index is 386. The van der Waals surface area contributed by atoms with Gasteiger partial charge in [0.05, 0.1) is 5.60 Å². The van der Waals surface area contributed by atoms with Crippen molar-refractivity contribution < 1.29 is 9.50 Å². The second-order valence-electron chi connectivity index (χ2n) is 5.63. The Morgan fingerprint density at radius 1 is 1.18 bits per heavy atom. The zero-order valence-corrected chi connectivity index (χ0v) is 10.7. The molecule has 0 bridgehead atoms. The Labute approximate surface area is 103 Å². The molecule has 94 valence electrons. The lowest BCUT2D eigenvalue weighted by Gasteiger charge is -2.24. The molecule has 1 N–H and O–H groups in total. The Morgan fingerprint density at radius 3 is 2.35 bits per heavy atom. The number of aliphatic hydroxyl groups is 1. The van der Waals surface area contributed by atoms with Crippen LogP contribution < -0.4 is 0 Å². The van der Waals surface area contributed by atoms with Crippen molar-refractivity contribution in [2.75, 3.05) is 0 Å². The second kappa shape index (κ2) is 4.77. The largest absolute Gasteiger partial charge is 0.386 e. The molecule has 0 radical (unpaired) electrons. The topological polar surface area (TPSA) is 20.2 Å². The van der Waals surface area contributed by atoms with Gasteiger partial charge in [-0.05, 0) is 49.8 Å². The summed E-state index contributed by atoms with van der Waals surface area (Å²) in [5.74, 6) is 0.219. The number of hydrogen-bond acceptors (Lipinski definition) is 1. The summed E-state index contributed by atoms with van der Waals surface area (Å²) in [6.45, 7) is 3.37. The van der Waals surface area contributed by atoms with Gasteiger partial charge in [-0.2, -0.15) is 0 Å². The molecule has 1 fully saturated rings. The van der Waals surface area contributed by atoms with Gasteiger partial charge in [-0.25, -0.2) is 4.39 Å². The summed E-state index contributed by atoms with van der Waals surface area (Å²) >= 11 is 0. The number of halogens is 1. The molecule has 1 aliphatic rings. The molecular formula is C15H21FO. The van der Waals surface area contributed by atoms with Gasteiger partial charge in [0.25, 0.3) is 0 Å². The van der Waals surface area contributed by atoms with Crippen LogP contribution in [0.1, 0.15) is 63.0 Å². The average molecular weight is 236 g/mol. The number of hydrogen-bond donors (Lipinski definition) is 1. The molecule has 1 aliphatic carbocycles. The third-order valence-corrected chi connectivity index (χ3v) is 3.75. The smallest absolute Gasteiger partial charge is 0.127 e. The molecule has 0 aliphatic heterocycles. The monoisotopic (exact) mass is 236 g/mol. The van der Waals surface area contributed by atoms with E-state index in [0.717, 1.165) is 18.4 Å². The van der Waals surface area contributed by atoms with Crippen molar-refractivity contribution in [1.82, 2.24) is 0 Å². The van der Waals surface area contributed by atoms with E-state index in [2.05, 4.69) is 0 Å². The molecule has 0 aromatic heterocycles. The molecule has 17 heavy (non-hydrogen) atoms. The van der Waals surface area contributed by atoms with Crippen LogP contribution in [-0.2, 0) is 5.60 Å². The lowest BCUT2D eigenvalue weighted by molar-refractivity contribution is 0.0782. The molecule has 1 saturated carbocycles. The van der Waals surface area contributed by atoms with Gasteiger partial charge in [0.1, 0.15) is 5.82 Å². The van der Waals surface area contributed by atoms with Crippen LogP contribution in [0.15, 0.2) is 18.2 Å². The highest BCUT2D eigenvalue weighted by molar-refractivity contribution is 5.30. The lowest BCUT2D eigenvalue weighted by atomic mass is 9.83. The van der Waals surface area contributed by atoms with Crippen LogP contribution >= 0.6 is 0 Å². The minimum absolute atomic E-state index is 0.156. The fourth-order valence-electron chi connectivity index (χ4n) is 2.65. The minimum atomic E-state index is -0.966. The summed E-state index contributed by atoms with van der Waals surface area (Å²) in [5, 5.41) is 9.85. The summed E-state index contributed by atoms with van der Waals surface area (Å²) in [6, 6.07) is 5.20. The van der Waals surface area contributed by atoms with Crippen LogP contribution in [0.3, 0.4) is 0 Å². The van der Waals surface area contributed by atoms with E-state index in [1.807, 2.05) is 12.1 Å². The van der Waals surface area contributed by atoms with Gasteiger partial charge in [0.15, 0.2) is 0 Å². The third-order valence-electron chi connectivity index (χ3n) is 3.75. The summed E-state index contributed by atoms with van der Waals surface area (Å²) in [7, 11) is 0. The fraction of sp³-hybridized carbons (Fsp3) is 0.600. The zero-order chi connectivity index (χ0) is 12.5. The van der Waals surface area contributed by atoms with Gasteiger partial charge in [-0.3, -0.25) is 0 Å². The van der Waals surface area contributed by atoms with E-state index in [0.29, 0.717) is 11.5 Å². The van der Waals surface area contributed by atoms with Crippen molar-refractivity contribution in [1.29, 1.82) is 0 Å². The summed E-state index contributed by atoms with van der Waals surface area (Å²) < 4.78 is 14.1. The first kappa shape index (κ1) is 12.6. The van der Waals surface area contributed by atoms with Crippen LogP contribution in [0.2, 0.25) is 0 Å². The standard InChI is InChI=1S/C15H21FO/c1-15(2,17)12-8-9-13(14(16)10-12)11-6-4-3-5-7-11/h8-11,17H,3-7H2,1-2H3. The van der Waals surface area contributed by atoms with Crippen LogP contribution in [-0.4, -0.2) is 5.11 Å². The Morgan fingerprint density at radius 2 is 1.82 bits per heavy atom. The molecule has 2 rings (SSSR count). The molecule has 1 aromatic rings. The molecule has 0 amide bonds.